The van der Waals surface area contributed by atoms with E-state index in [9.17, 15) is 9.59 Å². The number of fused-ring (bicyclic) bond motifs is 1. The van der Waals surface area contributed by atoms with E-state index in [0.717, 1.165) is 11.3 Å². The van der Waals surface area contributed by atoms with Gasteiger partial charge in [-0.1, -0.05) is 24.3 Å². The van der Waals surface area contributed by atoms with E-state index in [2.05, 4.69) is 5.32 Å². The zero-order valence-corrected chi connectivity index (χ0v) is 13.6. The highest BCUT2D eigenvalue weighted by molar-refractivity contribution is 6.09. The standard InChI is InChI=1S/C19H18N2O4/c22-18(20-11-13-6-7-16-17(10-13)25-12-24-16)15-8-9-21(19(15)23)14-4-2-1-3-5-14/h1-7,10,15H,8-9,11-12H2,(H,20,22)/t15-/m0/s1. The molecule has 4 rings (SSSR count). The fraction of sp³-hybridized carbons (Fsp3) is 0.263. The number of nitrogens with one attached hydrogen (secondary N) is 1. The van der Waals surface area contributed by atoms with E-state index in [-0.39, 0.29) is 18.6 Å². The number of rotatable bonds is 4. The summed E-state index contributed by atoms with van der Waals surface area (Å²) in [6.07, 6.45) is 0.528. The molecule has 1 fully saturated rings. The Balaban J connectivity index is 1.38. The van der Waals surface area contributed by atoms with Gasteiger partial charge in [0.1, 0.15) is 5.92 Å². The van der Waals surface area contributed by atoms with Gasteiger partial charge in [-0.3, -0.25) is 9.59 Å². The number of carbonyl (C=O) groups excluding carboxylic acids is 2. The number of hydrogen-bond acceptors (Lipinski definition) is 4. The molecule has 6 nitrogen and oxygen atoms in total. The number of anilines is 1. The number of benzene rings is 2. The number of amides is 2. The summed E-state index contributed by atoms with van der Waals surface area (Å²) in [6, 6.07) is 15.0. The molecule has 0 aromatic heterocycles. The van der Waals surface area contributed by atoms with Crippen LogP contribution in [0.15, 0.2) is 48.5 Å². The van der Waals surface area contributed by atoms with Crippen LogP contribution < -0.4 is 19.7 Å². The van der Waals surface area contributed by atoms with Crippen LogP contribution in [0.5, 0.6) is 11.5 Å². The number of hydrogen-bond donors (Lipinski definition) is 1. The van der Waals surface area contributed by atoms with E-state index >= 15 is 0 Å². The fourth-order valence-corrected chi connectivity index (χ4v) is 3.15. The summed E-state index contributed by atoms with van der Waals surface area (Å²) < 4.78 is 10.6. The molecule has 2 aromatic carbocycles. The highest BCUT2D eigenvalue weighted by Crippen LogP contribution is 2.32. The number of carbonyl (C=O) groups is 2. The first-order valence-corrected chi connectivity index (χ1v) is 8.25. The maximum atomic E-state index is 12.5. The molecule has 25 heavy (non-hydrogen) atoms. The van der Waals surface area contributed by atoms with Crippen molar-refractivity contribution in [2.45, 2.75) is 13.0 Å². The molecule has 2 heterocycles. The van der Waals surface area contributed by atoms with Crippen LogP contribution in [0.4, 0.5) is 5.69 Å². The molecule has 0 bridgehead atoms. The predicted octanol–water partition coefficient (Wildman–Crippen LogP) is 2.08. The van der Waals surface area contributed by atoms with Gasteiger partial charge in [-0.05, 0) is 36.2 Å². The topological polar surface area (TPSA) is 67.9 Å². The molecule has 6 heteroatoms. The van der Waals surface area contributed by atoms with Crippen molar-refractivity contribution >= 4 is 17.5 Å². The first kappa shape index (κ1) is 15.5. The smallest absolute Gasteiger partial charge is 0.239 e. The minimum atomic E-state index is -0.630. The molecule has 1 N–H and O–H groups in total. The van der Waals surface area contributed by atoms with E-state index in [1.54, 1.807) is 4.90 Å². The van der Waals surface area contributed by atoms with Crippen molar-refractivity contribution in [1.82, 2.24) is 5.32 Å². The summed E-state index contributed by atoms with van der Waals surface area (Å²) in [6.45, 7) is 1.13. The van der Waals surface area contributed by atoms with Crippen molar-refractivity contribution in [3.05, 3.63) is 54.1 Å². The Morgan fingerprint density at radius 2 is 1.92 bits per heavy atom. The summed E-state index contributed by atoms with van der Waals surface area (Å²) in [5, 5.41) is 2.85. The maximum Gasteiger partial charge on any atom is 0.239 e. The van der Waals surface area contributed by atoms with Crippen molar-refractivity contribution in [3.63, 3.8) is 0 Å². The Morgan fingerprint density at radius 1 is 1.12 bits per heavy atom. The van der Waals surface area contributed by atoms with Gasteiger partial charge >= 0.3 is 0 Å². The first-order chi connectivity index (χ1) is 12.2. The van der Waals surface area contributed by atoms with Crippen LogP contribution in [-0.4, -0.2) is 25.2 Å². The zero-order chi connectivity index (χ0) is 17.2. The lowest BCUT2D eigenvalue weighted by Crippen LogP contribution is -2.36. The Hall–Kier alpha value is -3.02. The Morgan fingerprint density at radius 3 is 2.76 bits per heavy atom. The summed E-state index contributed by atoms with van der Waals surface area (Å²) in [4.78, 5) is 26.6. The molecule has 0 aliphatic carbocycles. The molecule has 128 valence electrons. The molecule has 2 aromatic rings. The van der Waals surface area contributed by atoms with Crippen LogP contribution in [0.2, 0.25) is 0 Å². The minimum absolute atomic E-state index is 0.144. The average molecular weight is 338 g/mol. The predicted molar refractivity (Wildman–Crippen MR) is 91.3 cm³/mol. The van der Waals surface area contributed by atoms with Crippen molar-refractivity contribution in [2.24, 2.45) is 5.92 Å². The second kappa shape index (κ2) is 6.47. The number of ether oxygens (including phenoxy) is 2. The Bertz CT molecular complexity index is 806. The number of para-hydroxylation sites is 1. The Labute approximate surface area is 145 Å². The summed E-state index contributed by atoms with van der Waals surface area (Å²) in [5.41, 5.74) is 1.74. The third-order valence-corrected chi connectivity index (χ3v) is 4.49. The van der Waals surface area contributed by atoms with Crippen molar-refractivity contribution in [1.29, 1.82) is 0 Å². The lowest BCUT2D eigenvalue weighted by atomic mass is 10.1. The highest BCUT2D eigenvalue weighted by atomic mass is 16.7. The monoisotopic (exact) mass is 338 g/mol. The van der Waals surface area contributed by atoms with Crippen molar-refractivity contribution in [3.8, 4) is 11.5 Å². The molecule has 2 aliphatic rings. The minimum Gasteiger partial charge on any atom is -0.454 e. The van der Waals surface area contributed by atoms with Gasteiger partial charge in [-0.25, -0.2) is 0 Å². The van der Waals surface area contributed by atoms with Crippen molar-refractivity contribution in [2.75, 3.05) is 18.2 Å². The van der Waals surface area contributed by atoms with Gasteiger partial charge in [0.25, 0.3) is 0 Å². The van der Waals surface area contributed by atoms with Crippen LogP contribution in [0, 0.1) is 5.92 Å². The fourth-order valence-electron chi connectivity index (χ4n) is 3.15. The van der Waals surface area contributed by atoms with Gasteiger partial charge in [0, 0.05) is 18.8 Å². The molecular weight excluding hydrogens is 320 g/mol. The molecule has 0 saturated carbocycles. The van der Waals surface area contributed by atoms with Crippen LogP contribution in [0.1, 0.15) is 12.0 Å². The third-order valence-electron chi connectivity index (χ3n) is 4.49. The molecule has 2 aliphatic heterocycles. The molecule has 0 spiro atoms. The van der Waals surface area contributed by atoms with Gasteiger partial charge in [-0.2, -0.15) is 0 Å². The molecule has 1 atom stereocenters. The largest absolute Gasteiger partial charge is 0.454 e. The van der Waals surface area contributed by atoms with E-state index in [1.807, 2.05) is 48.5 Å². The highest BCUT2D eigenvalue weighted by Gasteiger charge is 2.37. The summed E-state index contributed by atoms with van der Waals surface area (Å²) in [5.74, 6) is 0.378. The van der Waals surface area contributed by atoms with E-state index < -0.39 is 5.92 Å². The van der Waals surface area contributed by atoms with Crippen LogP contribution in [0.3, 0.4) is 0 Å². The normalized spacial score (nSPS) is 18.5. The first-order valence-electron chi connectivity index (χ1n) is 8.25. The second-order valence-corrected chi connectivity index (χ2v) is 6.07. The third kappa shape index (κ3) is 3.03. The number of nitrogens with zero attached hydrogens (tertiary/aromatic N) is 1. The quantitative estimate of drug-likeness (QED) is 0.867. The van der Waals surface area contributed by atoms with Gasteiger partial charge in [0.15, 0.2) is 11.5 Å². The van der Waals surface area contributed by atoms with Gasteiger partial charge in [-0.15, -0.1) is 0 Å². The van der Waals surface area contributed by atoms with Crippen LogP contribution in [0.25, 0.3) is 0 Å². The molecule has 0 radical (unpaired) electrons. The Kier molecular flexibility index (Phi) is 4.01. The van der Waals surface area contributed by atoms with Crippen molar-refractivity contribution < 1.29 is 19.1 Å². The van der Waals surface area contributed by atoms with Gasteiger partial charge < -0.3 is 19.7 Å². The molecule has 0 unspecified atom stereocenters. The zero-order valence-electron chi connectivity index (χ0n) is 13.6. The lowest BCUT2D eigenvalue weighted by Gasteiger charge is -2.16. The second-order valence-electron chi connectivity index (χ2n) is 6.07. The summed E-state index contributed by atoms with van der Waals surface area (Å²) in [7, 11) is 0. The maximum absolute atomic E-state index is 12.5. The average Bonchev–Trinajstić information content (AvgIpc) is 3.26. The van der Waals surface area contributed by atoms with Gasteiger partial charge in [0.2, 0.25) is 18.6 Å². The lowest BCUT2D eigenvalue weighted by molar-refractivity contribution is -0.132. The van der Waals surface area contributed by atoms with Crippen LogP contribution in [-0.2, 0) is 16.1 Å². The van der Waals surface area contributed by atoms with Crippen LogP contribution >= 0.6 is 0 Å². The van der Waals surface area contributed by atoms with Gasteiger partial charge in [0.05, 0.1) is 0 Å². The molecule has 1 saturated heterocycles. The summed E-state index contributed by atoms with van der Waals surface area (Å²) >= 11 is 0. The van der Waals surface area contributed by atoms with E-state index in [1.165, 1.54) is 0 Å². The molecular formula is C19H18N2O4. The van der Waals surface area contributed by atoms with E-state index in [4.69, 9.17) is 9.47 Å². The molecule has 2 amide bonds. The van der Waals surface area contributed by atoms with E-state index in [0.29, 0.717) is 31.0 Å². The SMILES string of the molecule is O=C(NCc1ccc2c(c1)OCO2)[C@@H]1CCN(c2ccccc2)C1=O.